The van der Waals surface area contributed by atoms with Crippen LogP contribution in [0.3, 0.4) is 0 Å². The van der Waals surface area contributed by atoms with Crippen LogP contribution in [0.25, 0.3) is 0 Å². The lowest BCUT2D eigenvalue weighted by molar-refractivity contribution is -0.385. The molecule has 10 nitrogen and oxygen atoms in total. The van der Waals surface area contributed by atoms with Crippen molar-refractivity contribution >= 4 is 17.5 Å². The maximum atomic E-state index is 11.6. The van der Waals surface area contributed by atoms with Gasteiger partial charge in [-0.2, -0.15) is 0 Å². The van der Waals surface area contributed by atoms with Gasteiger partial charge in [0.05, 0.1) is 17.4 Å². The third kappa shape index (κ3) is 3.56. The molecule has 0 aliphatic heterocycles. The molecule has 0 aliphatic rings. The highest BCUT2D eigenvalue weighted by Crippen LogP contribution is 2.06. The van der Waals surface area contributed by atoms with Gasteiger partial charge < -0.3 is 4.42 Å². The largest absolute Gasteiger partial charge is 0.459 e. The van der Waals surface area contributed by atoms with E-state index in [1.807, 2.05) is 0 Å². The predicted molar refractivity (Wildman–Crippen MR) is 71.7 cm³/mol. The summed E-state index contributed by atoms with van der Waals surface area (Å²) in [5, 5.41) is 10.6. The SMILES string of the molecule is O=C(Cn1cc([N+](=O)[O-])ccc1=O)NNC(=O)c1ccco1. The Morgan fingerprint density at radius 3 is 2.68 bits per heavy atom. The average molecular weight is 306 g/mol. The molecule has 0 radical (unpaired) electrons. The second-order valence-electron chi connectivity index (χ2n) is 4.09. The van der Waals surface area contributed by atoms with Gasteiger partial charge in [0.25, 0.3) is 17.2 Å². The number of amides is 2. The minimum atomic E-state index is -0.734. The van der Waals surface area contributed by atoms with E-state index in [1.54, 1.807) is 0 Å². The van der Waals surface area contributed by atoms with Gasteiger partial charge in [-0.25, -0.2) is 0 Å². The summed E-state index contributed by atoms with van der Waals surface area (Å²) < 4.78 is 5.67. The molecule has 22 heavy (non-hydrogen) atoms. The van der Waals surface area contributed by atoms with Crippen molar-refractivity contribution < 1.29 is 18.9 Å². The van der Waals surface area contributed by atoms with Crippen LogP contribution < -0.4 is 16.4 Å². The van der Waals surface area contributed by atoms with Crippen molar-refractivity contribution in [2.45, 2.75) is 6.54 Å². The topological polar surface area (TPSA) is 136 Å². The monoisotopic (exact) mass is 306 g/mol. The molecule has 0 unspecified atom stereocenters. The van der Waals surface area contributed by atoms with Gasteiger partial charge in [-0.05, 0) is 12.1 Å². The van der Waals surface area contributed by atoms with E-state index < -0.39 is 28.8 Å². The van der Waals surface area contributed by atoms with Gasteiger partial charge in [-0.15, -0.1) is 0 Å². The second kappa shape index (κ2) is 6.35. The quantitative estimate of drug-likeness (QED) is 0.593. The Bertz CT molecular complexity index is 764. The van der Waals surface area contributed by atoms with E-state index in [1.165, 1.54) is 18.4 Å². The van der Waals surface area contributed by atoms with Crippen LogP contribution in [0.2, 0.25) is 0 Å². The van der Waals surface area contributed by atoms with Gasteiger partial charge in [0.2, 0.25) is 0 Å². The van der Waals surface area contributed by atoms with Crippen molar-refractivity contribution in [1.29, 1.82) is 0 Å². The van der Waals surface area contributed by atoms with Crippen molar-refractivity contribution in [1.82, 2.24) is 15.4 Å². The van der Waals surface area contributed by atoms with Crippen LogP contribution >= 0.6 is 0 Å². The first-order chi connectivity index (χ1) is 10.5. The maximum absolute atomic E-state index is 11.6. The van der Waals surface area contributed by atoms with Gasteiger partial charge in [0, 0.05) is 12.1 Å². The lowest BCUT2D eigenvalue weighted by Gasteiger charge is -2.07. The van der Waals surface area contributed by atoms with E-state index in [-0.39, 0.29) is 11.4 Å². The first-order valence-electron chi connectivity index (χ1n) is 5.95. The molecule has 2 amide bonds. The van der Waals surface area contributed by atoms with Crippen molar-refractivity contribution in [2.75, 3.05) is 0 Å². The molecule has 0 saturated carbocycles. The van der Waals surface area contributed by atoms with E-state index in [0.717, 1.165) is 22.9 Å². The Morgan fingerprint density at radius 2 is 2.05 bits per heavy atom. The summed E-state index contributed by atoms with van der Waals surface area (Å²) in [4.78, 5) is 44.6. The zero-order valence-electron chi connectivity index (χ0n) is 11.0. The number of aromatic nitrogens is 1. The van der Waals surface area contributed by atoms with Gasteiger partial charge >= 0.3 is 5.91 Å². The minimum Gasteiger partial charge on any atom is -0.459 e. The Labute approximate surface area is 122 Å². The van der Waals surface area contributed by atoms with Crippen LogP contribution in [0.1, 0.15) is 10.6 Å². The maximum Gasteiger partial charge on any atom is 0.305 e. The molecule has 0 atom stereocenters. The standard InChI is InChI=1S/C12H10N4O6/c17-10(13-14-12(19)9-2-1-5-22-9)7-15-6-8(16(20)21)3-4-11(15)18/h1-6H,7H2,(H,13,17)(H,14,19). The summed E-state index contributed by atoms with van der Waals surface area (Å²) in [7, 11) is 0. The summed E-state index contributed by atoms with van der Waals surface area (Å²) in [5.41, 5.74) is 3.24. The number of hydrazine groups is 1. The molecule has 114 valence electrons. The third-order valence-corrected chi connectivity index (χ3v) is 2.55. The molecule has 2 heterocycles. The first-order valence-corrected chi connectivity index (χ1v) is 5.95. The van der Waals surface area contributed by atoms with E-state index in [4.69, 9.17) is 4.42 Å². The van der Waals surface area contributed by atoms with E-state index in [0.29, 0.717) is 0 Å². The summed E-state index contributed by atoms with van der Waals surface area (Å²) in [5.74, 6) is -1.42. The Balaban J connectivity index is 1.97. The number of furan rings is 1. The highest BCUT2D eigenvalue weighted by molar-refractivity contribution is 5.92. The summed E-state index contributed by atoms with van der Waals surface area (Å²) in [6.07, 6.45) is 2.23. The molecule has 0 aromatic carbocycles. The number of rotatable bonds is 4. The fraction of sp³-hybridized carbons (Fsp3) is 0.0833. The number of nitrogens with zero attached hydrogens (tertiary/aromatic N) is 2. The van der Waals surface area contributed by atoms with Gasteiger partial charge in [0.1, 0.15) is 6.54 Å². The number of hydrogen-bond donors (Lipinski definition) is 2. The molecule has 0 bridgehead atoms. The molecule has 0 fully saturated rings. The molecule has 10 heteroatoms. The van der Waals surface area contributed by atoms with Crippen molar-refractivity contribution in [3.05, 3.63) is 63.0 Å². The number of hydrogen-bond acceptors (Lipinski definition) is 6. The van der Waals surface area contributed by atoms with Crippen molar-refractivity contribution in [2.24, 2.45) is 0 Å². The van der Waals surface area contributed by atoms with Crippen LogP contribution in [0.5, 0.6) is 0 Å². The molecule has 0 saturated heterocycles. The Hall–Kier alpha value is -3.43. The van der Waals surface area contributed by atoms with Gasteiger partial charge in [-0.3, -0.25) is 39.9 Å². The number of carbonyl (C=O) groups excluding carboxylic acids is 2. The van der Waals surface area contributed by atoms with Gasteiger partial charge in [-0.1, -0.05) is 0 Å². The van der Waals surface area contributed by atoms with E-state index in [9.17, 15) is 24.5 Å². The fourth-order valence-corrected chi connectivity index (χ4v) is 1.54. The summed E-state index contributed by atoms with van der Waals surface area (Å²) >= 11 is 0. The number of nitro groups is 1. The molecule has 2 rings (SSSR count). The van der Waals surface area contributed by atoms with Crippen LogP contribution in [0.15, 0.2) is 45.9 Å². The van der Waals surface area contributed by atoms with Gasteiger partial charge in [0.15, 0.2) is 5.76 Å². The van der Waals surface area contributed by atoms with E-state index >= 15 is 0 Å². The summed E-state index contributed by atoms with van der Waals surface area (Å²) in [6, 6.07) is 4.91. The zero-order chi connectivity index (χ0) is 16.1. The van der Waals surface area contributed by atoms with Crippen LogP contribution in [-0.2, 0) is 11.3 Å². The molecule has 2 aromatic rings. The van der Waals surface area contributed by atoms with Crippen LogP contribution in [0, 0.1) is 10.1 Å². The highest BCUT2D eigenvalue weighted by atomic mass is 16.6. The Kier molecular flexibility index (Phi) is 4.32. The normalized spacial score (nSPS) is 10.0. The lowest BCUT2D eigenvalue weighted by atomic mass is 10.4. The van der Waals surface area contributed by atoms with Crippen LogP contribution in [-0.4, -0.2) is 21.3 Å². The number of nitrogens with one attached hydrogen (secondary N) is 2. The van der Waals surface area contributed by atoms with E-state index in [2.05, 4.69) is 10.9 Å². The predicted octanol–water partition coefficient (Wildman–Crippen LogP) is -0.189. The fourth-order valence-electron chi connectivity index (χ4n) is 1.54. The smallest absolute Gasteiger partial charge is 0.305 e. The van der Waals surface area contributed by atoms with Crippen molar-refractivity contribution in [3.63, 3.8) is 0 Å². The van der Waals surface area contributed by atoms with Crippen molar-refractivity contribution in [3.8, 4) is 0 Å². The zero-order valence-corrected chi connectivity index (χ0v) is 11.0. The first kappa shape index (κ1) is 15.0. The molecule has 2 N–H and O–H groups in total. The average Bonchev–Trinajstić information content (AvgIpc) is 3.01. The molecular weight excluding hydrogens is 296 g/mol. The number of pyridine rings is 1. The number of carbonyl (C=O) groups is 2. The summed E-state index contributed by atoms with van der Waals surface area (Å²) in [6.45, 7) is -0.487. The lowest BCUT2D eigenvalue weighted by Crippen LogP contribution is -2.44. The molecular formula is C12H10N4O6. The molecule has 0 spiro atoms. The van der Waals surface area contributed by atoms with Crippen LogP contribution in [0.4, 0.5) is 5.69 Å². The molecule has 0 aliphatic carbocycles. The molecule has 2 aromatic heterocycles. The second-order valence-corrected chi connectivity index (χ2v) is 4.09. The third-order valence-electron chi connectivity index (χ3n) is 2.55. The Morgan fingerprint density at radius 1 is 1.27 bits per heavy atom. The highest BCUT2D eigenvalue weighted by Gasteiger charge is 2.12. The minimum absolute atomic E-state index is 0.00665.